The maximum atomic E-state index is 10.9. The van der Waals surface area contributed by atoms with Gasteiger partial charge in [-0.3, -0.25) is 0 Å². The fourth-order valence-electron chi connectivity index (χ4n) is 1.40. The number of nitrogens with one attached hydrogen (secondary N) is 1. The van der Waals surface area contributed by atoms with Crippen LogP contribution in [0.3, 0.4) is 0 Å². The van der Waals surface area contributed by atoms with E-state index in [1.807, 2.05) is 0 Å². The number of nitrogens with zero attached hydrogens (tertiary/aromatic N) is 2. The molecule has 0 fully saturated rings. The SMILES string of the molecule is [O-][NH+]1N=NC2=C1CCCC2. The minimum absolute atomic E-state index is 0.102. The molecule has 1 atom stereocenters. The summed E-state index contributed by atoms with van der Waals surface area (Å²) >= 11 is 0. The van der Waals surface area contributed by atoms with Gasteiger partial charge in [0.05, 0.1) is 0 Å². The molecule has 0 amide bonds. The first-order chi connectivity index (χ1) is 4.88. The first kappa shape index (κ1) is 6.00. The van der Waals surface area contributed by atoms with Crippen molar-refractivity contribution >= 4 is 0 Å². The Hall–Kier alpha value is -0.740. The van der Waals surface area contributed by atoms with Gasteiger partial charge in [-0.05, 0) is 19.3 Å². The second-order valence-electron chi connectivity index (χ2n) is 2.64. The van der Waals surface area contributed by atoms with Crippen molar-refractivity contribution in [2.24, 2.45) is 10.3 Å². The molecule has 1 aliphatic heterocycles. The molecule has 0 aromatic carbocycles. The number of hydroxylamine groups is 1. The molecule has 54 valence electrons. The van der Waals surface area contributed by atoms with Crippen LogP contribution in [0.15, 0.2) is 21.7 Å². The molecule has 2 aliphatic rings. The maximum absolute atomic E-state index is 10.9. The fourth-order valence-corrected chi connectivity index (χ4v) is 1.40. The summed E-state index contributed by atoms with van der Waals surface area (Å²) in [4.78, 5) is 0. The largest absolute Gasteiger partial charge is 0.600 e. The van der Waals surface area contributed by atoms with Gasteiger partial charge in [-0.25, -0.2) is 0 Å². The Morgan fingerprint density at radius 3 is 2.90 bits per heavy atom. The minimum Gasteiger partial charge on any atom is -0.600 e. The van der Waals surface area contributed by atoms with Gasteiger partial charge in [-0.1, -0.05) is 5.11 Å². The quantitative estimate of drug-likeness (QED) is 0.489. The standard InChI is InChI=1S/C6H9N3O/c10-9-6-4-2-1-3-5(6)7-8-9/h9H,1-4H2. The zero-order chi connectivity index (χ0) is 6.97. The Morgan fingerprint density at radius 2 is 2.10 bits per heavy atom. The molecule has 4 heteroatoms. The average Bonchev–Trinajstić information content (AvgIpc) is 2.34. The molecule has 10 heavy (non-hydrogen) atoms. The monoisotopic (exact) mass is 139 g/mol. The second-order valence-corrected chi connectivity index (χ2v) is 2.64. The molecule has 0 radical (unpaired) electrons. The lowest BCUT2D eigenvalue weighted by Crippen LogP contribution is -2.99. The van der Waals surface area contributed by atoms with Gasteiger partial charge in [0.15, 0.2) is 5.70 Å². The summed E-state index contributed by atoms with van der Waals surface area (Å²) in [7, 11) is 0. The lowest BCUT2D eigenvalue weighted by atomic mass is 10.0. The summed E-state index contributed by atoms with van der Waals surface area (Å²) in [5.74, 6) is 0. The third-order valence-corrected chi connectivity index (χ3v) is 1.96. The molecule has 1 aliphatic carbocycles. The molecule has 1 N–H and O–H groups in total. The van der Waals surface area contributed by atoms with Crippen LogP contribution in [0.1, 0.15) is 25.7 Å². The Labute approximate surface area is 58.8 Å². The van der Waals surface area contributed by atoms with Crippen LogP contribution >= 0.6 is 0 Å². The van der Waals surface area contributed by atoms with Crippen LogP contribution in [0.5, 0.6) is 0 Å². The van der Waals surface area contributed by atoms with E-state index < -0.39 is 0 Å². The molecule has 0 spiro atoms. The molecule has 0 bridgehead atoms. The molecule has 1 unspecified atom stereocenters. The normalized spacial score (nSPS) is 31.1. The van der Waals surface area contributed by atoms with Crippen LogP contribution in [0.2, 0.25) is 0 Å². The van der Waals surface area contributed by atoms with Crippen LogP contribution in [0, 0.1) is 5.21 Å². The van der Waals surface area contributed by atoms with Crippen LogP contribution in [0.4, 0.5) is 0 Å². The van der Waals surface area contributed by atoms with Gasteiger partial charge in [0.1, 0.15) is 5.70 Å². The lowest BCUT2D eigenvalue weighted by Gasteiger charge is -2.14. The minimum atomic E-state index is -0.102. The molecule has 0 saturated carbocycles. The molecular formula is C6H9N3O. The molecule has 0 aromatic heterocycles. The van der Waals surface area contributed by atoms with Crippen LogP contribution in [0.25, 0.3) is 0 Å². The van der Waals surface area contributed by atoms with E-state index in [4.69, 9.17) is 0 Å². The van der Waals surface area contributed by atoms with Crippen LogP contribution < -0.4 is 5.17 Å². The van der Waals surface area contributed by atoms with Gasteiger partial charge >= 0.3 is 0 Å². The van der Waals surface area contributed by atoms with Crippen molar-refractivity contribution in [2.75, 3.05) is 0 Å². The highest BCUT2D eigenvalue weighted by Gasteiger charge is 2.23. The Balaban J connectivity index is 2.27. The predicted octanol–water partition coefficient (Wildman–Crippen LogP) is 0.536. The number of rotatable bonds is 0. The third kappa shape index (κ3) is 0.767. The average molecular weight is 139 g/mol. The Morgan fingerprint density at radius 1 is 1.30 bits per heavy atom. The van der Waals surface area contributed by atoms with E-state index >= 15 is 0 Å². The number of allylic oxidation sites excluding steroid dienone is 2. The van der Waals surface area contributed by atoms with Crippen molar-refractivity contribution < 1.29 is 5.17 Å². The van der Waals surface area contributed by atoms with Crippen molar-refractivity contribution in [2.45, 2.75) is 25.7 Å². The highest BCUT2D eigenvalue weighted by atomic mass is 16.5. The number of hydrogen-bond acceptors (Lipinski definition) is 3. The van der Waals surface area contributed by atoms with E-state index in [1.54, 1.807) is 0 Å². The Bertz CT molecular complexity index is 209. The highest BCUT2D eigenvalue weighted by Crippen LogP contribution is 2.24. The molecule has 0 saturated heterocycles. The topological polar surface area (TPSA) is 52.2 Å². The van der Waals surface area contributed by atoms with Crippen molar-refractivity contribution in [3.63, 3.8) is 0 Å². The van der Waals surface area contributed by atoms with Crippen LogP contribution in [-0.4, -0.2) is 0 Å². The summed E-state index contributed by atoms with van der Waals surface area (Å²) in [6.07, 6.45) is 4.12. The molecule has 0 aromatic rings. The van der Waals surface area contributed by atoms with Gasteiger partial charge in [-0.2, -0.15) is 5.17 Å². The first-order valence-electron chi connectivity index (χ1n) is 3.56. The van der Waals surface area contributed by atoms with Crippen LogP contribution in [-0.2, 0) is 0 Å². The van der Waals surface area contributed by atoms with E-state index in [1.165, 1.54) is 0 Å². The molecule has 2 rings (SSSR count). The van der Waals surface area contributed by atoms with E-state index in [9.17, 15) is 5.21 Å². The molecule has 4 nitrogen and oxygen atoms in total. The fraction of sp³-hybridized carbons (Fsp3) is 0.667. The summed E-state index contributed by atoms with van der Waals surface area (Å²) in [6.45, 7) is 0. The summed E-state index contributed by atoms with van der Waals surface area (Å²) in [6, 6.07) is 0. The number of quaternary nitrogens is 1. The highest BCUT2D eigenvalue weighted by molar-refractivity contribution is 5.09. The van der Waals surface area contributed by atoms with Crippen molar-refractivity contribution in [1.82, 2.24) is 0 Å². The van der Waals surface area contributed by atoms with Gasteiger partial charge in [-0.15, -0.1) is 0 Å². The molecular weight excluding hydrogens is 130 g/mol. The van der Waals surface area contributed by atoms with Gasteiger partial charge in [0.2, 0.25) is 0 Å². The Kier molecular flexibility index (Phi) is 1.28. The van der Waals surface area contributed by atoms with Gasteiger partial charge < -0.3 is 5.21 Å². The van der Waals surface area contributed by atoms with E-state index in [0.29, 0.717) is 0 Å². The van der Waals surface area contributed by atoms with Gasteiger partial charge in [0, 0.05) is 11.6 Å². The zero-order valence-electron chi connectivity index (χ0n) is 5.63. The number of hydrogen-bond donors (Lipinski definition) is 1. The first-order valence-corrected chi connectivity index (χ1v) is 3.56. The summed E-state index contributed by atoms with van der Waals surface area (Å²) < 4.78 is 0. The van der Waals surface area contributed by atoms with Crippen molar-refractivity contribution in [1.29, 1.82) is 0 Å². The lowest BCUT2D eigenvalue weighted by molar-refractivity contribution is -0.816. The zero-order valence-corrected chi connectivity index (χ0v) is 5.63. The second kappa shape index (κ2) is 2.14. The van der Waals surface area contributed by atoms with E-state index in [0.717, 1.165) is 37.1 Å². The summed E-state index contributed by atoms with van der Waals surface area (Å²) in [5.41, 5.74) is 1.81. The van der Waals surface area contributed by atoms with Crippen molar-refractivity contribution in [3.8, 4) is 0 Å². The maximum Gasteiger partial charge on any atom is 0.159 e. The van der Waals surface area contributed by atoms with E-state index in [2.05, 4.69) is 10.3 Å². The predicted molar refractivity (Wildman–Crippen MR) is 34.7 cm³/mol. The van der Waals surface area contributed by atoms with E-state index in [-0.39, 0.29) is 5.17 Å². The smallest absolute Gasteiger partial charge is 0.159 e. The third-order valence-electron chi connectivity index (χ3n) is 1.96. The molecule has 1 heterocycles. The van der Waals surface area contributed by atoms with Gasteiger partial charge in [0.25, 0.3) is 0 Å². The summed E-state index contributed by atoms with van der Waals surface area (Å²) in [5, 5.41) is 18.1. The van der Waals surface area contributed by atoms with Crippen molar-refractivity contribution in [3.05, 3.63) is 16.6 Å².